The zero-order chi connectivity index (χ0) is 13.1. The first-order chi connectivity index (χ1) is 8.86. The van der Waals surface area contributed by atoms with Crippen molar-refractivity contribution in [3.8, 4) is 11.5 Å². The molecule has 0 aliphatic carbocycles. The van der Waals surface area contributed by atoms with E-state index in [9.17, 15) is 0 Å². The molecule has 3 nitrogen and oxygen atoms in total. The number of hydrogen-bond acceptors (Lipinski definition) is 3. The molecule has 0 radical (unpaired) electrons. The summed E-state index contributed by atoms with van der Waals surface area (Å²) in [5, 5.41) is 0. The van der Waals surface area contributed by atoms with Gasteiger partial charge in [0.1, 0.15) is 0 Å². The first kappa shape index (κ1) is 17.7. The van der Waals surface area contributed by atoms with Crippen molar-refractivity contribution >= 4 is 0 Å². The molecule has 0 aromatic heterocycles. The SMILES string of the molecule is COCOc1cc[c-]cc1.COc1cc[c-]cc1.[W+2]. The Morgan fingerprint density at radius 1 is 0.842 bits per heavy atom. The van der Waals surface area contributed by atoms with Gasteiger partial charge in [0, 0.05) is 18.6 Å². The van der Waals surface area contributed by atoms with E-state index in [2.05, 4.69) is 12.1 Å². The van der Waals surface area contributed by atoms with Gasteiger partial charge in [-0.25, -0.2) is 0 Å². The van der Waals surface area contributed by atoms with E-state index in [1.807, 2.05) is 36.4 Å². The second-order valence-electron chi connectivity index (χ2n) is 3.23. The van der Waals surface area contributed by atoms with E-state index in [0.29, 0.717) is 6.79 Å². The van der Waals surface area contributed by atoms with Crippen molar-refractivity contribution in [2.24, 2.45) is 0 Å². The molecule has 0 saturated carbocycles. The van der Waals surface area contributed by atoms with Gasteiger partial charge < -0.3 is 14.2 Å². The molecule has 0 fully saturated rings. The van der Waals surface area contributed by atoms with Crippen molar-refractivity contribution in [2.75, 3.05) is 21.0 Å². The minimum absolute atomic E-state index is 0. The normalized spacial score (nSPS) is 8.53. The van der Waals surface area contributed by atoms with Gasteiger partial charge in [0.2, 0.25) is 0 Å². The second kappa shape index (κ2) is 11.8. The Morgan fingerprint density at radius 2 is 1.32 bits per heavy atom. The third-order valence-corrected chi connectivity index (χ3v) is 1.95. The van der Waals surface area contributed by atoms with E-state index in [-0.39, 0.29) is 21.1 Å². The Hall–Kier alpha value is -1.31. The van der Waals surface area contributed by atoms with Crippen LogP contribution in [-0.2, 0) is 25.8 Å². The molecule has 0 N–H and O–H groups in total. The molecule has 100 valence electrons. The molecule has 0 saturated heterocycles. The molecular weight excluding hydrogens is 412 g/mol. The maximum Gasteiger partial charge on any atom is 2.00 e. The van der Waals surface area contributed by atoms with Gasteiger partial charge in [-0.1, -0.05) is 0 Å². The van der Waals surface area contributed by atoms with Crippen LogP contribution in [0.5, 0.6) is 11.5 Å². The van der Waals surface area contributed by atoms with Gasteiger partial charge >= 0.3 is 21.1 Å². The Labute approximate surface area is 128 Å². The Balaban J connectivity index is 0.000000331. The zero-order valence-electron chi connectivity index (χ0n) is 11.0. The maximum atomic E-state index is 5.11. The predicted molar refractivity (Wildman–Crippen MR) is 69.6 cm³/mol. The summed E-state index contributed by atoms with van der Waals surface area (Å²) >= 11 is 0. The summed E-state index contributed by atoms with van der Waals surface area (Å²) in [6, 6.07) is 20.4. The molecule has 0 aliphatic rings. The zero-order valence-corrected chi connectivity index (χ0v) is 13.9. The Bertz CT molecular complexity index is 406. The molecule has 0 bridgehead atoms. The monoisotopic (exact) mass is 428 g/mol. The van der Waals surface area contributed by atoms with Crippen LogP contribution in [0.25, 0.3) is 0 Å². The van der Waals surface area contributed by atoms with E-state index in [4.69, 9.17) is 14.2 Å². The largest absolute Gasteiger partial charge is 2.00 e. The number of ether oxygens (including phenoxy) is 3. The van der Waals surface area contributed by atoms with Gasteiger partial charge in [0.05, 0.1) is 7.11 Å². The molecular formula is C15H16O3W. The number of methoxy groups -OCH3 is 2. The van der Waals surface area contributed by atoms with Crippen LogP contribution in [0.3, 0.4) is 0 Å². The van der Waals surface area contributed by atoms with Gasteiger partial charge in [0.15, 0.2) is 6.79 Å². The van der Waals surface area contributed by atoms with Crippen LogP contribution in [0.15, 0.2) is 48.5 Å². The molecule has 0 atom stereocenters. The molecule has 0 aliphatic heterocycles. The molecule has 2 aromatic rings. The molecule has 4 heteroatoms. The first-order valence-electron chi connectivity index (χ1n) is 5.44. The van der Waals surface area contributed by atoms with Crippen molar-refractivity contribution in [2.45, 2.75) is 0 Å². The van der Waals surface area contributed by atoms with Crippen LogP contribution in [-0.4, -0.2) is 21.0 Å². The smallest absolute Gasteiger partial charge is 0.522 e. The summed E-state index contributed by atoms with van der Waals surface area (Å²) in [4.78, 5) is 0. The third-order valence-electron chi connectivity index (χ3n) is 1.95. The number of benzene rings is 2. The van der Waals surface area contributed by atoms with Gasteiger partial charge in [0.25, 0.3) is 0 Å². The fourth-order valence-electron chi connectivity index (χ4n) is 1.10. The molecule has 0 heterocycles. The number of hydrogen-bond donors (Lipinski definition) is 0. The van der Waals surface area contributed by atoms with Crippen molar-refractivity contribution in [1.29, 1.82) is 0 Å². The maximum absolute atomic E-state index is 5.11. The number of rotatable bonds is 4. The fraction of sp³-hybridized carbons (Fsp3) is 0.200. The van der Waals surface area contributed by atoms with Gasteiger partial charge in [-0.2, -0.15) is 36.4 Å². The predicted octanol–water partition coefficient (Wildman–Crippen LogP) is 2.96. The van der Waals surface area contributed by atoms with Gasteiger partial charge in [-0.3, -0.25) is 0 Å². The van der Waals surface area contributed by atoms with Gasteiger partial charge in [-0.15, -0.1) is 24.3 Å². The first-order valence-corrected chi connectivity index (χ1v) is 5.44. The Morgan fingerprint density at radius 3 is 1.68 bits per heavy atom. The minimum Gasteiger partial charge on any atom is -0.522 e. The molecule has 2 rings (SSSR count). The summed E-state index contributed by atoms with van der Waals surface area (Å²) in [5.74, 6) is 1.68. The van der Waals surface area contributed by atoms with Crippen molar-refractivity contribution in [1.82, 2.24) is 0 Å². The average molecular weight is 428 g/mol. The van der Waals surface area contributed by atoms with E-state index in [0.717, 1.165) is 11.5 Å². The topological polar surface area (TPSA) is 27.7 Å². The summed E-state index contributed by atoms with van der Waals surface area (Å²) in [6.45, 7) is 0.296. The Kier molecular flexibility index (Phi) is 10.9. The van der Waals surface area contributed by atoms with Crippen LogP contribution in [0.1, 0.15) is 0 Å². The van der Waals surface area contributed by atoms with E-state index in [1.165, 1.54) is 0 Å². The molecule has 2 aromatic carbocycles. The standard InChI is InChI=1S/C8H9O2.C7H7O.W/c1-9-7-10-8-5-3-2-4-6-8;1-8-7-5-3-2-4-6-7;/h3-6H,7H2,1H3;3-6H,1H3;/q2*-1;+2. The summed E-state index contributed by atoms with van der Waals surface area (Å²) in [6.07, 6.45) is 0. The summed E-state index contributed by atoms with van der Waals surface area (Å²) in [7, 11) is 3.24. The molecule has 0 spiro atoms. The van der Waals surface area contributed by atoms with Crippen molar-refractivity contribution in [3.05, 3.63) is 60.7 Å². The molecule has 0 amide bonds. The van der Waals surface area contributed by atoms with Gasteiger partial charge in [-0.05, 0) is 0 Å². The van der Waals surface area contributed by atoms with Crippen molar-refractivity contribution in [3.63, 3.8) is 0 Å². The van der Waals surface area contributed by atoms with Crippen LogP contribution in [0, 0.1) is 12.1 Å². The van der Waals surface area contributed by atoms with Crippen LogP contribution >= 0.6 is 0 Å². The average Bonchev–Trinajstić information content (AvgIpc) is 2.48. The van der Waals surface area contributed by atoms with E-state index < -0.39 is 0 Å². The summed E-state index contributed by atoms with van der Waals surface area (Å²) in [5.41, 5.74) is 0. The minimum atomic E-state index is 0. The van der Waals surface area contributed by atoms with E-state index in [1.54, 1.807) is 26.4 Å². The molecule has 0 unspecified atom stereocenters. The van der Waals surface area contributed by atoms with E-state index >= 15 is 0 Å². The van der Waals surface area contributed by atoms with Crippen molar-refractivity contribution < 1.29 is 35.3 Å². The van der Waals surface area contributed by atoms with Crippen LogP contribution in [0.4, 0.5) is 0 Å². The second-order valence-corrected chi connectivity index (χ2v) is 3.23. The fourth-order valence-corrected chi connectivity index (χ4v) is 1.10. The summed E-state index contributed by atoms with van der Waals surface area (Å²) < 4.78 is 14.7. The molecule has 19 heavy (non-hydrogen) atoms. The van der Waals surface area contributed by atoms with Crippen LogP contribution in [0.2, 0.25) is 0 Å². The quantitative estimate of drug-likeness (QED) is 0.554. The van der Waals surface area contributed by atoms with Crippen LogP contribution < -0.4 is 9.47 Å². The third kappa shape index (κ3) is 8.41.